The number of hydrogen-bond acceptors (Lipinski definition) is 5. The Morgan fingerprint density at radius 1 is 1.24 bits per heavy atom. The number of hydrogen-bond donors (Lipinski definition) is 3. The first-order chi connectivity index (χ1) is 11.7. The molecular weight excluding hydrogens is 362 g/mol. The molecule has 0 unspecified atom stereocenters. The second kappa shape index (κ2) is 6.16. The molecule has 0 saturated heterocycles. The third-order valence-electron chi connectivity index (χ3n) is 4.20. The lowest BCUT2D eigenvalue weighted by atomic mass is 9.89. The van der Waals surface area contributed by atoms with Gasteiger partial charge in [0.1, 0.15) is 5.00 Å². The van der Waals surface area contributed by atoms with Gasteiger partial charge < -0.3 is 11.5 Å². The van der Waals surface area contributed by atoms with E-state index in [0.29, 0.717) is 17.8 Å². The van der Waals surface area contributed by atoms with Gasteiger partial charge in [0.25, 0.3) is 5.91 Å². The lowest BCUT2D eigenvalue weighted by Gasteiger charge is -2.18. The summed E-state index contributed by atoms with van der Waals surface area (Å²) in [7, 11) is -3.35. The van der Waals surface area contributed by atoms with Crippen LogP contribution >= 0.6 is 11.3 Å². The number of urea groups is 1. The molecular formula is C16H17N3O4S2. The van der Waals surface area contributed by atoms with Crippen LogP contribution in [0.1, 0.15) is 28.4 Å². The number of nitrogens with two attached hydrogens (primary N) is 2. The van der Waals surface area contributed by atoms with Gasteiger partial charge in [-0.15, -0.1) is 11.3 Å². The number of sulfone groups is 1. The highest BCUT2D eigenvalue weighted by molar-refractivity contribution is 7.91. The van der Waals surface area contributed by atoms with Gasteiger partial charge in [-0.25, -0.2) is 13.2 Å². The molecule has 1 aliphatic carbocycles. The quantitative estimate of drug-likeness (QED) is 0.748. The predicted octanol–water partition coefficient (Wildman–Crippen LogP) is 1.90. The Morgan fingerprint density at radius 3 is 2.56 bits per heavy atom. The third kappa shape index (κ3) is 3.00. The number of nitrogens with one attached hydrogen (secondary N) is 1. The summed E-state index contributed by atoms with van der Waals surface area (Å²) in [6.07, 6.45) is 1.24. The van der Waals surface area contributed by atoms with Crippen LogP contribution in [-0.4, -0.2) is 26.1 Å². The summed E-state index contributed by atoms with van der Waals surface area (Å²) in [6, 6.07) is 4.24. The van der Waals surface area contributed by atoms with Crippen LogP contribution in [0.4, 0.5) is 9.80 Å². The van der Waals surface area contributed by atoms with Crippen LogP contribution in [0.5, 0.6) is 0 Å². The van der Waals surface area contributed by atoms with Crippen LogP contribution in [0.25, 0.3) is 10.4 Å². The van der Waals surface area contributed by atoms with Gasteiger partial charge in [-0.05, 0) is 41.7 Å². The average molecular weight is 379 g/mol. The Labute approximate surface area is 148 Å². The number of thiophene rings is 1. The van der Waals surface area contributed by atoms with Crippen molar-refractivity contribution in [2.24, 2.45) is 11.5 Å². The fraction of sp³-hybridized carbons (Fsp3) is 0.250. The number of primary amides is 2. The summed E-state index contributed by atoms with van der Waals surface area (Å²) >= 11 is 1.18. The van der Waals surface area contributed by atoms with E-state index in [-0.39, 0.29) is 16.2 Å². The molecule has 0 atom stereocenters. The highest BCUT2D eigenvalue weighted by Crippen LogP contribution is 2.45. The maximum Gasteiger partial charge on any atom is 0.317 e. The molecule has 3 rings (SSSR count). The average Bonchev–Trinajstić information content (AvgIpc) is 2.91. The van der Waals surface area contributed by atoms with Gasteiger partial charge in [-0.1, -0.05) is 13.0 Å². The Balaban J connectivity index is 2.23. The molecule has 132 valence electrons. The fourth-order valence-corrected chi connectivity index (χ4v) is 5.20. The molecule has 0 spiro atoms. The predicted molar refractivity (Wildman–Crippen MR) is 96.6 cm³/mol. The first-order valence-electron chi connectivity index (χ1n) is 7.62. The van der Waals surface area contributed by atoms with E-state index >= 15 is 0 Å². The molecule has 1 heterocycles. The van der Waals surface area contributed by atoms with E-state index in [2.05, 4.69) is 5.32 Å². The monoisotopic (exact) mass is 379 g/mol. The van der Waals surface area contributed by atoms with E-state index in [1.54, 1.807) is 25.1 Å². The highest BCUT2D eigenvalue weighted by Gasteiger charge is 2.28. The summed E-state index contributed by atoms with van der Waals surface area (Å²) < 4.78 is 24.4. The lowest BCUT2D eigenvalue weighted by Crippen LogP contribution is -2.22. The number of carbonyl (C=O) groups is 2. The minimum Gasteiger partial charge on any atom is -0.365 e. The van der Waals surface area contributed by atoms with Gasteiger partial charge in [0.2, 0.25) is 0 Å². The van der Waals surface area contributed by atoms with Gasteiger partial charge in [0.05, 0.1) is 16.2 Å². The molecule has 5 N–H and O–H groups in total. The second-order valence-electron chi connectivity index (χ2n) is 5.69. The summed E-state index contributed by atoms with van der Waals surface area (Å²) in [4.78, 5) is 24.1. The van der Waals surface area contributed by atoms with Crippen molar-refractivity contribution in [1.29, 1.82) is 0 Å². The van der Waals surface area contributed by atoms with Gasteiger partial charge >= 0.3 is 6.03 Å². The van der Waals surface area contributed by atoms with E-state index in [1.807, 2.05) is 0 Å². The zero-order valence-electron chi connectivity index (χ0n) is 13.5. The van der Waals surface area contributed by atoms with Gasteiger partial charge in [0, 0.05) is 4.88 Å². The number of aryl methyl sites for hydroxylation is 1. The normalized spacial score (nSPS) is 13.0. The van der Waals surface area contributed by atoms with Crippen LogP contribution in [-0.2, 0) is 22.7 Å². The molecule has 25 heavy (non-hydrogen) atoms. The Hall–Kier alpha value is -2.39. The van der Waals surface area contributed by atoms with E-state index in [4.69, 9.17) is 11.5 Å². The fourth-order valence-electron chi connectivity index (χ4n) is 2.99. The summed E-state index contributed by atoms with van der Waals surface area (Å²) in [5, 5.41) is 2.73. The highest BCUT2D eigenvalue weighted by atomic mass is 32.2. The Morgan fingerprint density at radius 2 is 1.96 bits per heavy atom. The summed E-state index contributed by atoms with van der Waals surface area (Å²) in [5.41, 5.74) is 13.4. The molecule has 1 aromatic carbocycles. The SMILES string of the molecule is CCS(=O)(=O)c1ccc2c(c1)-c1sc(NC(N)=O)c(C(N)=O)c1CC2. The van der Waals surface area contributed by atoms with E-state index < -0.39 is 21.8 Å². The van der Waals surface area contributed by atoms with Crippen molar-refractivity contribution in [1.82, 2.24) is 0 Å². The number of amides is 3. The van der Waals surface area contributed by atoms with E-state index in [1.165, 1.54) is 11.3 Å². The van der Waals surface area contributed by atoms with Crippen molar-refractivity contribution in [3.63, 3.8) is 0 Å². The molecule has 0 saturated carbocycles. The first kappa shape index (κ1) is 17.4. The standard InChI is InChI=1S/C16H17N3O4S2/c1-2-25(22,23)9-5-3-8-4-6-10-12(14(17)20)15(19-16(18)21)24-13(10)11(8)7-9/h3,5,7H,2,4,6H2,1H3,(H2,17,20)(H3,18,19,21). The largest absolute Gasteiger partial charge is 0.365 e. The third-order valence-corrected chi connectivity index (χ3v) is 7.11. The Kier molecular flexibility index (Phi) is 4.29. The topological polar surface area (TPSA) is 132 Å². The minimum atomic E-state index is -3.35. The molecule has 9 heteroatoms. The van der Waals surface area contributed by atoms with Crippen LogP contribution in [0, 0.1) is 0 Å². The maximum absolute atomic E-state index is 12.2. The van der Waals surface area contributed by atoms with Crippen molar-refractivity contribution in [3.8, 4) is 10.4 Å². The smallest absolute Gasteiger partial charge is 0.317 e. The van der Waals surface area contributed by atoms with Gasteiger partial charge in [0.15, 0.2) is 9.84 Å². The van der Waals surface area contributed by atoms with Crippen molar-refractivity contribution < 1.29 is 18.0 Å². The number of carbonyl (C=O) groups excluding carboxylic acids is 2. The summed E-state index contributed by atoms with van der Waals surface area (Å²) in [5.74, 6) is -0.647. The number of rotatable bonds is 4. The molecule has 2 aromatic rings. The van der Waals surface area contributed by atoms with Crippen molar-refractivity contribution >= 4 is 38.1 Å². The van der Waals surface area contributed by atoms with Crippen molar-refractivity contribution in [3.05, 3.63) is 34.9 Å². The number of benzene rings is 1. The molecule has 0 bridgehead atoms. The zero-order valence-corrected chi connectivity index (χ0v) is 15.1. The van der Waals surface area contributed by atoms with Gasteiger partial charge in [-0.3, -0.25) is 10.1 Å². The van der Waals surface area contributed by atoms with E-state index in [9.17, 15) is 18.0 Å². The molecule has 0 aliphatic heterocycles. The van der Waals surface area contributed by atoms with Crippen LogP contribution < -0.4 is 16.8 Å². The van der Waals surface area contributed by atoms with Crippen LogP contribution in [0.2, 0.25) is 0 Å². The molecule has 7 nitrogen and oxygen atoms in total. The minimum absolute atomic E-state index is 0.00407. The molecule has 0 fully saturated rings. The maximum atomic E-state index is 12.2. The molecule has 1 aromatic heterocycles. The van der Waals surface area contributed by atoms with Crippen LogP contribution in [0.15, 0.2) is 23.1 Å². The molecule has 0 radical (unpaired) electrons. The molecule has 1 aliphatic rings. The van der Waals surface area contributed by atoms with E-state index in [0.717, 1.165) is 21.6 Å². The lowest BCUT2D eigenvalue weighted by molar-refractivity contribution is 0.100. The van der Waals surface area contributed by atoms with Crippen molar-refractivity contribution in [2.75, 3.05) is 11.1 Å². The zero-order chi connectivity index (χ0) is 18.4. The summed E-state index contributed by atoms with van der Waals surface area (Å²) in [6.45, 7) is 1.59. The number of anilines is 1. The Bertz CT molecular complexity index is 993. The first-order valence-corrected chi connectivity index (χ1v) is 10.1. The second-order valence-corrected chi connectivity index (χ2v) is 8.99. The molecule has 3 amide bonds. The number of fused-ring (bicyclic) bond motifs is 3. The van der Waals surface area contributed by atoms with Crippen LogP contribution in [0.3, 0.4) is 0 Å². The van der Waals surface area contributed by atoms with Gasteiger partial charge in [-0.2, -0.15) is 0 Å². The van der Waals surface area contributed by atoms with Crippen molar-refractivity contribution in [2.45, 2.75) is 24.7 Å².